The SMILES string of the molecule is CCNC(=NCCCOC1CCCc2ccccc21)N1CCC(COCCOC)C1. The van der Waals surface area contributed by atoms with Crippen molar-refractivity contribution in [2.24, 2.45) is 10.9 Å². The van der Waals surface area contributed by atoms with Crippen molar-refractivity contribution in [3.05, 3.63) is 35.4 Å². The van der Waals surface area contributed by atoms with Crippen LogP contribution in [-0.4, -0.2) is 70.6 Å². The minimum atomic E-state index is 0.254. The number of benzene rings is 1. The standard InChI is InChI=1S/C24H39N3O3/c1-3-25-24(27-14-12-20(18-27)19-29-17-16-28-2)26-13-7-15-30-23-11-6-9-21-8-4-5-10-22(21)23/h4-5,8,10,20,23H,3,6-7,9,11-19H2,1-2H3,(H,25,26). The van der Waals surface area contributed by atoms with Gasteiger partial charge in [0.05, 0.1) is 25.9 Å². The summed E-state index contributed by atoms with van der Waals surface area (Å²) in [4.78, 5) is 7.22. The topological polar surface area (TPSA) is 55.3 Å². The number of hydrogen-bond donors (Lipinski definition) is 1. The third-order valence-electron chi connectivity index (χ3n) is 5.90. The van der Waals surface area contributed by atoms with Crippen molar-refractivity contribution in [1.29, 1.82) is 0 Å². The van der Waals surface area contributed by atoms with Gasteiger partial charge in [0.15, 0.2) is 5.96 Å². The molecule has 1 N–H and O–H groups in total. The minimum Gasteiger partial charge on any atom is -0.382 e. The molecule has 6 nitrogen and oxygen atoms in total. The van der Waals surface area contributed by atoms with Crippen LogP contribution in [0.4, 0.5) is 0 Å². The van der Waals surface area contributed by atoms with E-state index in [9.17, 15) is 0 Å². The molecule has 1 aliphatic carbocycles. The van der Waals surface area contributed by atoms with Crippen LogP contribution in [0.1, 0.15) is 49.8 Å². The van der Waals surface area contributed by atoms with Gasteiger partial charge in [0, 0.05) is 45.8 Å². The minimum absolute atomic E-state index is 0.254. The molecule has 0 bridgehead atoms. The first-order valence-electron chi connectivity index (χ1n) is 11.6. The van der Waals surface area contributed by atoms with Crippen LogP contribution in [-0.2, 0) is 20.6 Å². The van der Waals surface area contributed by atoms with Crippen LogP contribution in [0, 0.1) is 5.92 Å². The maximum Gasteiger partial charge on any atom is 0.193 e. The summed E-state index contributed by atoms with van der Waals surface area (Å²) in [5.41, 5.74) is 2.84. The molecule has 1 aliphatic heterocycles. The predicted molar refractivity (Wildman–Crippen MR) is 121 cm³/mol. The summed E-state index contributed by atoms with van der Waals surface area (Å²) >= 11 is 0. The maximum absolute atomic E-state index is 6.23. The number of aliphatic imine (C=N–C) groups is 1. The molecule has 1 aromatic carbocycles. The number of nitrogens with zero attached hydrogens (tertiary/aromatic N) is 2. The fourth-order valence-electron chi connectivity index (χ4n) is 4.34. The van der Waals surface area contributed by atoms with E-state index in [4.69, 9.17) is 19.2 Å². The molecule has 2 atom stereocenters. The Morgan fingerprint density at radius 1 is 1.20 bits per heavy atom. The first-order chi connectivity index (χ1) is 14.8. The Hall–Kier alpha value is -1.63. The Labute approximate surface area is 182 Å². The second-order valence-corrected chi connectivity index (χ2v) is 8.21. The van der Waals surface area contributed by atoms with E-state index in [1.54, 1.807) is 7.11 Å². The number of likely N-dealkylation sites (tertiary alicyclic amines) is 1. The molecular formula is C24H39N3O3. The lowest BCUT2D eigenvalue weighted by Crippen LogP contribution is -2.40. The van der Waals surface area contributed by atoms with E-state index in [0.717, 1.165) is 64.6 Å². The zero-order valence-corrected chi connectivity index (χ0v) is 18.8. The molecule has 2 unspecified atom stereocenters. The van der Waals surface area contributed by atoms with Gasteiger partial charge in [-0.25, -0.2) is 0 Å². The van der Waals surface area contributed by atoms with Crippen LogP contribution in [0.2, 0.25) is 0 Å². The Bertz CT molecular complexity index is 652. The van der Waals surface area contributed by atoms with Crippen LogP contribution in [0.25, 0.3) is 0 Å². The fourth-order valence-corrected chi connectivity index (χ4v) is 4.34. The number of methoxy groups -OCH3 is 1. The highest BCUT2D eigenvalue weighted by Gasteiger charge is 2.25. The number of guanidine groups is 1. The molecule has 2 aliphatic rings. The zero-order valence-electron chi connectivity index (χ0n) is 18.8. The van der Waals surface area contributed by atoms with Crippen LogP contribution in [0.15, 0.2) is 29.3 Å². The Morgan fingerprint density at radius 2 is 2.10 bits per heavy atom. The summed E-state index contributed by atoms with van der Waals surface area (Å²) in [6.45, 7) is 8.76. The second kappa shape index (κ2) is 12.9. The van der Waals surface area contributed by atoms with Gasteiger partial charge in [0.2, 0.25) is 0 Å². The summed E-state index contributed by atoms with van der Waals surface area (Å²) < 4.78 is 17.0. The highest BCUT2D eigenvalue weighted by Crippen LogP contribution is 2.32. The van der Waals surface area contributed by atoms with Gasteiger partial charge in [-0.2, -0.15) is 0 Å². The molecule has 1 aromatic rings. The van der Waals surface area contributed by atoms with Crippen LogP contribution in [0.3, 0.4) is 0 Å². The van der Waals surface area contributed by atoms with Crippen LogP contribution >= 0.6 is 0 Å². The largest absolute Gasteiger partial charge is 0.382 e. The number of fused-ring (bicyclic) bond motifs is 1. The van der Waals surface area contributed by atoms with Gasteiger partial charge in [0.1, 0.15) is 0 Å². The number of rotatable bonds is 11. The molecular weight excluding hydrogens is 378 g/mol. The second-order valence-electron chi connectivity index (χ2n) is 8.21. The van der Waals surface area contributed by atoms with Gasteiger partial charge in [-0.1, -0.05) is 24.3 Å². The van der Waals surface area contributed by atoms with E-state index in [0.29, 0.717) is 19.1 Å². The van der Waals surface area contributed by atoms with Crippen molar-refractivity contribution >= 4 is 5.96 Å². The quantitative estimate of drug-likeness (QED) is 0.340. The van der Waals surface area contributed by atoms with Crippen LogP contribution in [0.5, 0.6) is 0 Å². The number of nitrogens with one attached hydrogen (secondary N) is 1. The smallest absolute Gasteiger partial charge is 0.193 e. The normalized spacial score (nSPS) is 21.7. The molecule has 0 aromatic heterocycles. The zero-order chi connectivity index (χ0) is 21.0. The molecule has 0 spiro atoms. The Kier molecular flexibility index (Phi) is 9.93. The predicted octanol–water partition coefficient (Wildman–Crippen LogP) is 3.42. The summed E-state index contributed by atoms with van der Waals surface area (Å²) in [5.74, 6) is 1.60. The lowest BCUT2D eigenvalue weighted by atomic mass is 9.89. The van der Waals surface area contributed by atoms with Gasteiger partial charge in [-0.15, -0.1) is 0 Å². The molecule has 1 fully saturated rings. The molecule has 3 rings (SSSR count). The monoisotopic (exact) mass is 417 g/mol. The van der Waals surface area contributed by atoms with E-state index in [1.807, 2.05) is 0 Å². The highest BCUT2D eigenvalue weighted by molar-refractivity contribution is 5.80. The average Bonchev–Trinajstić information content (AvgIpc) is 3.25. The molecule has 168 valence electrons. The van der Waals surface area contributed by atoms with Gasteiger partial charge < -0.3 is 24.4 Å². The van der Waals surface area contributed by atoms with Crippen molar-refractivity contribution < 1.29 is 14.2 Å². The van der Waals surface area contributed by atoms with E-state index in [2.05, 4.69) is 41.4 Å². The van der Waals surface area contributed by atoms with E-state index in [-0.39, 0.29) is 6.10 Å². The van der Waals surface area contributed by atoms with Gasteiger partial charge in [-0.3, -0.25) is 4.99 Å². The molecule has 6 heteroatoms. The number of ether oxygens (including phenoxy) is 3. The number of hydrogen-bond acceptors (Lipinski definition) is 4. The van der Waals surface area contributed by atoms with Gasteiger partial charge in [-0.05, 0) is 50.2 Å². The average molecular weight is 418 g/mol. The summed E-state index contributed by atoms with van der Waals surface area (Å²) in [6, 6.07) is 8.72. The van der Waals surface area contributed by atoms with E-state index in [1.165, 1.54) is 24.0 Å². The molecule has 0 radical (unpaired) electrons. The van der Waals surface area contributed by atoms with E-state index >= 15 is 0 Å². The van der Waals surface area contributed by atoms with Gasteiger partial charge >= 0.3 is 0 Å². The van der Waals surface area contributed by atoms with Crippen LogP contribution < -0.4 is 5.32 Å². The first-order valence-corrected chi connectivity index (χ1v) is 11.6. The first kappa shape index (κ1) is 23.0. The Balaban J connectivity index is 1.39. The lowest BCUT2D eigenvalue weighted by Gasteiger charge is -2.25. The maximum atomic E-state index is 6.23. The molecule has 1 saturated heterocycles. The summed E-state index contributed by atoms with van der Waals surface area (Å²) in [5, 5.41) is 3.45. The van der Waals surface area contributed by atoms with Crippen molar-refractivity contribution in [1.82, 2.24) is 10.2 Å². The highest BCUT2D eigenvalue weighted by atomic mass is 16.5. The lowest BCUT2D eigenvalue weighted by molar-refractivity contribution is 0.0402. The van der Waals surface area contributed by atoms with Crippen molar-refractivity contribution in [2.45, 2.75) is 45.1 Å². The summed E-state index contributed by atoms with van der Waals surface area (Å²) in [7, 11) is 1.71. The van der Waals surface area contributed by atoms with Gasteiger partial charge in [0.25, 0.3) is 0 Å². The fraction of sp³-hybridized carbons (Fsp3) is 0.708. The Morgan fingerprint density at radius 3 is 2.97 bits per heavy atom. The van der Waals surface area contributed by atoms with E-state index < -0.39 is 0 Å². The third kappa shape index (κ3) is 6.96. The molecule has 30 heavy (non-hydrogen) atoms. The number of aryl methyl sites for hydroxylation is 1. The van der Waals surface area contributed by atoms with Crippen molar-refractivity contribution in [2.75, 3.05) is 59.7 Å². The van der Waals surface area contributed by atoms with Crippen molar-refractivity contribution in [3.8, 4) is 0 Å². The third-order valence-corrected chi connectivity index (χ3v) is 5.90. The van der Waals surface area contributed by atoms with Crippen molar-refractivity contribution in [3.63, 3.8) is 0 Å². The molecule has 1 heterocycles. The summed E-state index contributed by atoms with van der Waals surface area (Å²) in [6.07, 6.45) is 5.89. The molecule has 0 amide bonds. The molecule has 0 saturated carbocycles.